The second kappa shape index (κ2) is 17.0. The molecule has 5 rings (SSSR count). The van der Waals surface area contributed by atoms with Crippen LogP contribution >= 0.6 is 7.75 Å². The summed E-state index contributed by atoms with van der Waals surface area (Å²) in [5.41, 5.74) is 4.54. The Morgan fingerprint density at radius 3 is 2.29 bits per heavy atom. The number of imidazole rings is 1. The zero-order chi connectivity index (χ0) is 42.7. The monoisotopic (exact) mass is 860 g/mol. The Balaban J connectivity index is 1.31. The normalized spacial score (nSPS) is 20.8. The van der Waals surface area contributed by atoms with Crippen LogP contribution in [-0.2, 0) is 29.8 Å². The number of hydrogen-bond donors (Lipinski definition) is 3. The molecular formula is C34H35F10N6O7P. The molecule has 1 fully saturated rings. The van der Waals surface area contributed by atoms with E-state index in [0.29, 0.717) is 5.56 Å². The lowest BCUT2D eigenvalue weighted by molar-refractivity contribution is -0.396. The molecule has 13 nitrogen and oxygen atoms in total. The van der Waals surface area contributed by atoms with E-state index in [1.165, 1.54) is 42.1 Å². The number of anilines is 1. The molecule has 0 aliphatic carbocycles. The van der Waals surface area contributed by atoms with Gasteiger partial charge in [0.2, 0.25) is 0 Å². The van der Waals surface area contributed by atoms with Gasteiger partial charge in [0.05, 0.1) is 25.6 Å². The lowest BCUT2D eigenvalue weighted by atomic mass is 9.99. The predicted molar refractivity (Wildman–Crippen MR) is 182 cm³/mol. The van der Waals surface area contributed by atoms with E-state index >= 15 is 0 Å². The van der Waals surface area contributed by atoms with Crippen molar-refractivity contribution >= 4 is 30.7 Å². The van der Waals surface area contributed by atoms with E-state index in [-0.39, 0.29) is 35.6 Å². The summed E-state index contributed by atoms with van der Waals surface area (Å²) < 4.78 is 172. The molecule has 2 aromatic carbocycles. The molecule has 0 bridgehead atoms. The highest BCUT2D eigenvalue weighted by Crippen LogP contribution is 2.54. The number of carbonyl (C=O) groups excluding carboxylic acids is 1. The summed E-state index contributed by atoms with van der Waals surface area (Å²) in [6.45, 7) is -0.0944. The Bertz CT molecular complexity index is 2080. The molecule has 4 N–H and O–H groups in total. The molecule has 0 amide bonds. The highest BCUT2D eigenvalue weighted by Gasteiger charge is 2.81. The zero-order valence-corrected chi connectivity index (χ0v) is 30.9. The van der Waals surface area contributed by atoms with Gasteiger partial charge in [0.15, 0.2) is 17.0 Å². The van der Waals surface area contributed by atoms with Gasteiger partial charge in [0.25, 0.3) is 0 Å². The maximum absolute atomic E-state index is 14.5. The number of aromatic nitrogens is 4. The van der Waals surface area contributed by atoms with Gasteiger partial charge in [0.1, 0.15) is 23.6 Å². The molecule has 4 aromatic rings. The van der Waals surface area contributed by atoms with Crippen LogP contribution in [0, 0.1) is 6.08 Å². The molecule has 318 valence electrons. The van der Waals surface area contributed by atoms with Crippen LogP contribution in [0.25, 0.3) is 11.2 Å². The molecule has 3 heterocycles. The topological polar surface area (TPSA) is 173 Å². The molecule has 0 saturated carbocycles. The number of hydrogen-bond acceptors (Lipinski definition) is 11. The highest BCUT2D eigenvalue weighted by atomic mass is 31.2. The predicted octanol–water partition coefficient (Wildman–Crippen LogP) is 7.17. The number of nitrogens with zero attached hydrogens (tertiary/aromatic N) is 4. The first-order valence-electron chi connectivity index (χ1n) is 17.2. The molecule has 1 aliphatic rings. The van der Waals surface area contributed by atoms with Crippen LogP contribution in [0.5, 0.6) is 5.75 Å². The van der Waals surface area contributed by atoms with Crippen molar-refractivity contribution < 1.29 is 76.9 Å². The molecular weight excluding hydrogens is 825 g/mol. The summed E-state index contributed by atoms with van der Waals surface area (Å²) in [7, 11) is -4.75. The van der Waals surface area contributed by atoms with Crippen LogP contribution in [0.15, 0.2) is 67.0 Å². The number of alkyl halides is 9. The van der Waals surface area contributed by atoms with E-state index in [2.05, 4.69) is 20.0 Å². The first-order chi connectivity index (χ1) is 27.0. The van der Waals surface area contributed by atoms with Crippen LogP contribution in [0.3, 0.4) is 0 Å². The summed E-state index contributed by atoms with van der Waals surface area (Å²) >= 11 is 0. The molecule has 2 aromatic heterocycles. The number of carbonyl (C=O) groups is 1. The number of para-hydroxylation sites is 1. The number of nitrogens with one attached hydrogen (secondary N) is 1. The fraction of sp³-hybridized carbons (Fsp3) is 0.471. The van der Waals surface area contributed by atoms with Crippen molar-refractivity contribution in [1.82, 2.24) is 24.6 Å². The minimum absolute atomic E-state index is 0.0286. The number of nitrogens with two attached hydrogens (primary N) is 1. The van der Waals surface area contributed by atoms with Crippen LogP contribution < -0.4 is 15.3 Å². The van der Waals surface area contributed by atoms with Crippen molar-refractivity contribution in [3.8, 4) is 5.75 Å². The Hall–Kier alpha value is -4.57. The highest BCUT2D eigenvalue weighted by molar-refractivity contribution is 7.52. The lowest BCUT2D eigenvalue weighted by Gasteiger charge is -2.33. The maximum atomic E-state index is 14.5. The third kappa shape index (κ3) is 9.65. The van der Waals surface area contributed by atoms with Crippen molar-refractivity contribution in [2.45, 2.75) is 86.9 Å². The fourth-order valence-corrected chi connectivity index (χ4v) is 7.32. The van der Waals surface area contributed by atoms with Crippen LogP contribution in [-0.4, -0.2) is 85.5 Å². The zero-order valence-electron chi connectivity index (χ0n) is 30.0. The summed E-state index contributed by atoms with van der Waals surface area (Å²) in [6, 6.07) is 13.8. The maximum Gasteiger partial charge on any atom is 0.460 e. The van der Waals surface area contributed by atoms with Crippen molar-refractivity contribution in [2.75, 3.05) is 18.9 Å². The van der Waals surface area contributed by atoms with Gasteiger partial charge >= 0.3 is 43.7 Å². The van der Waals surface area contributed by atoms with E-state index in [9.17, 15) is 58.4 Å². The van der Waals surface area contributed by atoms with Gasteiger partial charge < -0.3 is 24.8 Å². The van der Waals surface area contributed by atoms with Crippen LogP contribution in [0.4, 0.5) is 49.7 Å². The molecule has 1 saturated heterocycles. The third-order valence-electron chi connectivity index (χ3n) is 8.98. The SMILES string of the molecule is C[C@]1(COP(=O)(N[C@@H](Cc2ccccc2)C(=O)OCCCCC(F)(F)C(F)(F)C(F)(F)C(F)(F)F)Oc2ccccc2)O[C@@H](n2cnc3c(N)nc(F)nc32)C[C@@H]1O. The number of esters is 1. The summed E-state index contributed by atoms with van der Waals surface area (Å²) in [5.74, 6) is -21.1. The Morgan fingerprint density at radius 2 is 1.66 bits per heavy atom. The molecule has 1 unspecified atom stereocenters. The number of aliphatic hydroxyl groups is 1. The molecule has 24 heteroatoms. The van der Waals surface area contributed by atoms with Crippen molar-refractivity contribution in [1.29, 1.82) is 0 Å². The Kier molecular flexibility index (Phi) is 13.0. The van der Waals surface area contributed by atoms with E-state index in [4.69, 9.17) is 24.3 Å². The number of halogens is 10. The van der Waals surface area contributed by atoms with Crippen molar-refractivity contribution in [3.05, 3.63) is 78.6 Å². The second-order valence-electron chi connectivity index (χ2n) is 13.4. The number of fused-ring (bicyclic) bond motifs is 1. The van der Waals surface area contributed by atoms with Crippen LogP contribution in [0.1, 0.15) is 44.4 Å². The minimum Gasteiger partial charge on any atom is -0.465 e. The Labute approximate surface area is 322 Å². The van der Waals surface area contributed by atoms with Gasteiger partial charge in [0, 0.05) is 12.8 Å². The van der Waals surface area contributed by atoms with Crippen molar-refractivity contribution in [3.63, 3.8) is 0 Å². The minimum atomic E-state index is -7.04. The van der Waals surface area contributed by atoms with Gasteiger partial charge in [-0.1, -0.05) is 48.5 Å². The molecule has 5 atom stereocenters. The van der Waals surface area contributed by atoms with E-state index in [0.717, 1.165) is 0 Å². The molecule has 1 aliphatic heterocycles. The Morgan fingerprint density at radius 1 is 1.02 bits per heavy atom. The summed E-state index contributed by atoms with van der Waals surface area (Å²) in [4.78, 5) is 24.6. The summed E-state index contributed by atoms with van der Waals surface area (Å²) in [6.07, 6.45) is -13.5. The van der Waals surface area contributed by atoms with Crippen LogP contribution in [0.2, 0.25) is 0 Å². The number of benzene rings is 2. The molecule has 0 spiro atoms. The van der Waals surface area contributed by atoms with Gasteiger partial charge in [-0.25, -0.2) is 9.55 Å². The summed E-state index contributed by atoms with van der Waals surface area (Å²) in [5, 5.41) is 13.6. The molecule has 58 heavy (non-hydrogen) atoms. The van der Waals surface area contributed by atoms with Gasteiger partial charge in [-0.3, -0.25) is 13.9 Å². The van der Waals surface area contributed by atoms with Crippen molar-refractivity contribution in [2.24, 2.45) is 0 Å². The van der Waals surface area contributed by atoms with E-state index < -0.39 is 100 Å². The lowest BCUT2D eigenvalue weighted by Crippen LogP contribution is -2.60. The van der Waals surface area contributed by atoms with E-state index in [1.807, 2.05) is 0 Å². The second-order valence-corrected chi connectivity index (χ2v) is 15.1. The number of rotatable bonds is 18. The van der Waals surface area contributed by atoms with Gasteiger partial charge in [-0.2, -0.15) is 59.0 Å². The number of unbranched alkanes of at least 4 members (excludes halogenated alkanes) is 1. The number of aliphatic hydroxyl groups excluding tert-OH is 1. The average molecular weight is 861 g/mol. The first kappa shape index (κ1) is 44.5. The molecule has 0 radical (unpaired) electrons. The number of ether oxygens (including phenoxy) is 2. The van der Waals surface area contributed by atoms with Gasteiger partial charge in [-0.05, 0) is 43.9 Å². The fourth-order valence-electron chi connectivity index (χ4n) is 5.73. The largest absolute Gasteiger partial charge is 0.465 e. The van der Waals surface area contributed by atoms with E-state index in [1.54, 1.807) is 36.4 Å². The number of nitrogen functional groups attached to an aromatic ring is 1. The average Bonchev–Trinajstić information content (AvgIpc) is 3.70. The standard InChI is InChI=1S/C34H35F10N6O7P/c1-30(23(51)17-24(56-30)50-19-46-25-26(45)47-29(35)48-27(25)50)18-55-58(53,57-21-12-6-3-7-13-21)49-22(16-20-10-4-2-5-11-20)28(52)54-15-9-8-14-31(36,37)32(38,39)33(40,41)34(42,43)44/h2-7,10-13,19,22-24,51H,8-9,14-18H2,1H3,(H,49,53)(H2,45,47,48)/t22-,23-,24+,30+,58?/m0/s1. The third-order valence-corrected chi connectivity index (χ3v) is 10.5. The first-order valence-corrected chi connectivity index (χ1v) is 18.7. The quantitative estimate of drug-likeness (QED) is 0.0303. The van der Waals surface area contributed by atoms with Gasteiger partial charge in [-0.15, -0.1) is 0 Å². The smallest absolute Gasteiger partial charge is 0.460 e.